The SMILES string of the molecule is C=CCN(Cc1ccc(C(=O)NC[C@H]2CCCO2)cc1)S(=O)(=O)c1ccc(Cl)cc1. The van der Waals surface area contributed by atoms with Crippen LogP contribution in [-0.4, -0.2) is 44.4 Å². The van der Waals surface area contributed by atoms with Gasteiger partial charge in [0.2, 0.25) is 10.0 Å². The van der Waals surface area contributed by atoms with Gasteiger partial charge in [0.1, 0.15) is 0 Å². The van der Waals surface area contributed by atoms with Gasteiger partial charge in [0, 0.05) is 36.8 Å². The second-order valence-corrected chi connectivity index (χ2v) is 9.46. The zero-order valence-corrected chi connectivity index (χ0v) is 18.2. The summed E-state index contributed by atoms with van der Waals surface area (Å²) in [6, 6.07) is 13.0. The molecule has 160 valence electrons. The molecule has 1 saturated heterocycles. The van der Waals surface area contributed by atoms with E-state index in [1.165, 1.54) is 16.4 Å². The summed E-state index contributed by atoms with van der Waals surface area (Å²) in [6.45, 7) is 5.22. The van der Waals surface area contributed by atoms with Crippen molar-refractivity contribution in [3.05, 3.63) is 77.3 Å². The van der Waals surface area contributed by atoms with E-state index in [0.29, 0.717) is 17.1 Å². The molecule has 1 amide bonds. The summed E-state index contributed by atoms with van der Waals surface area (Å²) in [5.41, 5.74) is 1.29. The Kier molecular flexibility index (Phi) is 7.66. The monoisotopic (exact) mass is 448 g/mol. The van der Waals surface area contributed by atoms with Crippen molar-refractivity contribution in [2.24, 2.45) is 0 Å². The third kappa shape index (κ3) is 5.70. The molecule has 8 heteroatoms. The molecule has 1 fully saturated rings. The topological polar surface area (TPSA) is 75.7 Å². The Labute approximate surface area is 182 Å². The fourth-order valence-corrected chi connectivity index (χ4v) is 4.75. The number of ether oxygens (including phenoxy) is 1. The van der Waals surface area contributed by atoms with E-state index in [2.05, 4.69) is 11.9 Å². The van der Waals surface area contributed by atoms with Crippen LogP contribution in [0.5, 0.6) is 0 Å². The van der Waals surface area contributed by atoms with Gasteiger partial charge in [0.05, 0.1) is 11.0 Å². The maximum Gasteiger partial charge on any atom is 0.251 e. The van der Waals surface area contributed by atoms with E-state index < -0.39 is 10.0 Å². The highest BCUT2D eigenvalue weighted by Gasteiger charge is 2.24. The summed E-state index contributed by atoms with van der Waals surface area (Å²) < 4.78 is 32.8. The second-order valence-electron chi connectivity index (χ2n) is 7.08. The first-order valence-electron chi connectivity index (χ1n) is 9.75. The number of sulfonamides is 1. The second kappa shape index (κ2) is 10.2. The molecule has 0 aromatic heterocycles. The smallest absolute Gasteiger partial charge is 0.251 e. The minimum Gasteiger partial charge on any atom is -0.376 e. The molecule has 6 nitrogen and oxygen atoms in total. The first kappa shape index (κ1) is 22.5. The Bertz CT molecular complexity index is 969. The molecular weight excluding hydrogens is 424 g/mol. The molecule has 2 aromatic carbocycles. The zero-order valence-electron chi connectivity index (χ0n) is 16.6. The lowest BCUT2D eigenvalue weighted by atomic mass is 10.1. The van der Waals surface area contributed by atoms with E-state index in [1.54, 1.807) is 42.5 Å². The molecule has 0 radical (unpaired) electrons. The largest absolute Gasteiger partial charge is 0.376 e. The van der Waals surface area contributed by atoms with Gasteiger partial charge in [-0.05, 0) is 54.8 Å². The van der Waals surface area contributed by atoms with Crippen LogP contribution in [-0.2, 0) is 21.3 Å². The molecular formula is C22H25ClN2O4S. The molecule has 0 spiro atoms. The summed E-state index contributed by atoms with van der Waals surface area (Å²) in [4.78, 5) is 12.5. The van der Waals surface area contributed by atoms with E-state index in [0.717, 1.165) is 25.0 Å². The fraction of sp³-hybridized carbons (Fsp3) is 0.318. The Balaban J connectivity index is 1.67. The van der Waals surface area contributed by atoms with E-state index in [9.17, 15) is 13.2 Å². The number of nitrogens with zero attached hydrogens (tertiary/aromatic N) is 1. The van der Waals surface area contributed by atoms with Gasteiger partial charge in [-0.15, -0.1) is 6.58 Å². The Morgan fingerprint density at radius 2 is 1.90 bits per heavy atom. The van der Waals surface area contributed by atoms with Gasteiger partial charge < -0.3 is 10.1 Å². The van der Waals surface area contributed by atoms with Gasteiger partial charge in [-0.2, -0.15) is 4.31 Å². The van der Waals surface area contributed by atoms with Crippen LogP contribution >= 0.6 is 11.6 Å². The molecule has 2 aromatic rings. The normalized spacial score (nSPS) is 16.5. The standard InChI is InChI=1S/C22H25ClN2O4S/c1-2-13-25(30(27,28)21-11-9-19(23)10-12-21)16-17-5-7-18(8-6-17)22(26)24-15-20-4-3-14-29-20/h2,5-12,20H,1,3-4,13-16H2,(H,24,26)/t20-/m1/s1. The predicted octanol–water partition coefficient (Wildman–Crippen LogP) is 3.63. The maximum absolute atomic E-state index is 13.0. The number of carbonyl (C=O) groups is 1. The van der Waals surface area contributed by atoms with Crippen LogP contribution in [0.4, 0.5) is 0 Å². The van der Waals surface area contributed by atoms with Gasteiger partial charge >= 0.3 is 0 Å². The lowest BCUT2D eigenvalue weighted by molar-refractivity contribution is 0.0857. The number of halogens is 1. The molecule has 0 bridgehead atoms. The number of amides is 1. The summed E-state index contributed by atoms with van der Waals surface area (Å²) >= 11 is 5.87. The van der Waals surface area contributed by atoms with Crippen molar-refractivity contribution in [3.63, 3.8) is 0 Å². The van der Waals surface area contributed by atoms with Crippen molar-refractivity contribution in [1.29, 1.82) is 0 Å². The van der Waals surface area contributed by atoms with Gasteiger partial charge in [0.15, 0.2) is 0 Å². The van der Waals surface area contributed by atoms with Crippen molar-refractivity contribution in [1.82, 2.24) is 9.62 Å². The summed E-state index contributed by atoms with van der Waals surface area (Å²) in [5.74, 6) is -0.172. The average molecular weight is 449 g/mol. The van der Waals surface area contributed by atoms with E-state index in [-0.39, 0.29) is 30.0 Å². The summed E-state index contributed by atoms with van der Waals surface area (Å²) in [6.07, 6.45) is 3.61. The van der Waals surface area contributed by atoms with Crippen LogP contribution in [0, 0.1) is 0 Å². The lowest BCUT2D eigenvalue weighted by Gasteiger charge is -2.21. The minimum absolute atomic E-state index is 0.0822. The molecule has 3 rings (SSSR count). The number of hydrogen-bond donors (Lipinski definition) is 1. The molecule has 30 heavy (non-hydrogen) atoms. The third-order valence-corrected chi connectivity index (χ3v) is 6.95. The number of carbonyl (C=O) groups excluding carboxylic acids is 1. The van der Waals surface area contributed by atoms with Crippen LogP contribution in [0.2, 0.25) is 5.02 Å². The number of hydrogen-bond acceptors (Lipinski definition) is 4. The Hall–Kier alpha value is -2.19. The third-order valence-electron chi connectivity index (χ3n) is 4.87. The van der Waals surface area contributed by atoms with Crippen molar-refractivity contribution in [3.8, 4) is 0 Å². The molecule has 0 saturated carbocycles. The van der Waals surface area contributed by atoms with E-state index >= 15 is 0 Å². The van der Waals surface area contributed by atoms with E-state index in [1.807, 2.05) is 0 Å². The van der Waals surface area contributed by atoms with Gasteiger partial charge in [-0.3, -0.25) is 4.79 Å². The van der Waals surface area contributed by atoms with Crippen LogP contribution in [0.25, 0.3) is 0 Å². The van der Waals surface area contributed by atoms with Gasteiger partial charge in [-0.25, -0.2) is 8.42 Å². The maximum atomic E-state index is 13.0. The summed E-state index contributed by atoms with van der Waals surface area (Å²) in [5, 5.41) is 3.35. The van der Waals surface area contributed by atoms with Crippen molar-refractivity contribution in [2.45, 2.75) is 30.4 Å². The lowest BCUT2D eigenvalue weighted by Crippen LogP contribution is -2.32. The fourth-order valence-electron chi connectivity index (χ4n) is 3.23. The number of nitrogens with one attached hydrogen (secondary N) is 1. The molecule has 0 unspecified atom stereocenters. The highest BCUT2D eigenvalue weighted by Crippen LogP contribution is 2.21. The van der Waals surface area contributed by atoms with Crippen molar-refractivity contribution >= 4 is 27.5 Å². The molecule has 1 aliphatic heterocycles. The van der Waals surface area contributed by atoms with Gasteiger partial charge in [0.25, 0.3) is 5.91 Å². The summed E-state index contributed by atoms with van der Waals surface area (Å²) in [7, 11) is -3.71. The van der Waals surface area contributed by atoms with Crippen LogP contribution < -0.4 is 5.32 Å². The van der Waals surface area contributed by atoms with Crippen molar-refractivity contribution < 1.29 is 17.9 Å². The highest BCUT2D eigenvalue weighted by atomic mass is 35.5. The Morgan fingerprint density at radius 3 is 2.50 bits per heavy atom. The van der Waals surface area contributed by atoms with Crippen LogP contribution in [0.15, 0.2) is 66.1 Å². The van der Waals surface area contributed by atoms with Crippen LogP contribution in [0.3, 0.4) is 0 Å². The molecule has 1 heterocycles. The average Bonchev–Trinajstić information content (AvgIpc) is 3.26. The molecule has 1 aliphatic rings. The van der Waals surface area contributed by atoms with Crippen LogP contribution in [0.1, 0.15) is 28.8 Å². The quantitative estimate of drug-likeness (QED) is 0.594. The molecule has 1 atom stereocenters. The molecule has 1 N–H and O–H groups in total. The van der Waals surface area contributed by atoms with Crippen molar-refractivity contribution in [2.75, 3.05) is 19.7 Å². The number of rotatable bonds is 9. The first-order valence-corrected chi connectivity index (χ1v) is 11.6. The number of benzene rings is 2. The van der Waals surface area contributed by atoms with Gasteiger partial charge in [-0.1, -0.05) is 29.8 Å². The highest BCUT2D eigenvalue weighted by molar-refractivity contribution is 7.89. The van der Waals surface area contributed by atoms with E-state index in [4.69, 9.17) is 16.3 Å². The first-order chi connectivity index (χ1) is 14.4. The Morgan fingerprint density at radius 1 is 1.20 bits per heavy atom. The zero-order chi connectivity index (χ0) is 21.6. The minimum atomic E-state index is -3.71. The molecule has 0 aliphatic carbocycles. The predicted molar refractivity (Wildman–Crippen MR) is 117 cm³/mol.